The SMILES string of the molecule is OCc1ccnc(NCC2CCN(C3CCOCC3)CC2)c1. The number of nitrogens with zero attached hydrogens (tertiary/aromatic N) is 2. The first-order chi connectivity index (χ1) is 10.8. The number of anilines is 1. The second-order valence-electron chi connectivity index (χ2n) is 6.41. The summed E-state index contributed by atoms with van der Waals surface area (Å²) in [5.41, 5.74) is 0.909. The number of aliphatic hydroxyl groups is 1. The van der Waals surface area contributed by atoms with Gasteiger partial charge in [-0.3, -0.25) is 0 Å². The minimum absolute atomic E-state index is 0.0701. The number of piperidine rings is 1. The highest BCUT2D eigenvalue weighted by Gasteiger charge is 2.26. The molecule has 5 nitrogen and oxygen atoms in total. The summed E-state index contributed by atoms with van der Waals surface area (Å²) >= 11 is 0. The molecule has 3 rings (SSSR count). The van der Waals surface area contributed by atoms with E-state index in [4.69, 9.17) is 9.84 Å². The molecule has 2 aliphatic heterocycles. The summed E-state index contributed by atoms with van der Waals surface area (Å²) in [5, 5.41) is 12.6. The lowest BCUT2D eigenvalue weighted by Crippen LogP contribution is -2.44. The average molecular weight is 305 g/mol. The van der Waals surface area contributed by atoms with Crippen LogP contribution in [0.1, 0.15) is 31.2 Å². The van der Waals surface area contributed by atoms with Crippen LogP contribution >= 0.6 is 0 Å². The van der Waals surface area contributed by atoms with Crippen LogP contribution in [0.25, 0.3) is 0 Å². The van der Waals surface area contributed by atoms with Gasteiger partial charge in [0.2, 0.25) is 0 Å². The van der Waals surface area contributed by atoms with Crippen LogP contribution in [-0.2, 0) is 11.3 Å². The van der Waals surface area contributed by atoms with Gasteiger partial charge in [-0.05, 0) is 62.4 Å². The fraction of sp³-hybridized carbons (Fsp3) is 0.706. The first-order valence-corrected chi connectivity index (χ1v) is 8.46. The monoisotopic (exact) mass is 305 g/mol. The van der Waals surface area contributed by atoms with Gasteiger partial charge >= 0.3 is 0 Å². The topological polar surface area (TPSA) is 57.6 Å². The van der Waals surface area contributed by atoms with Crippen LogP contribution in [0, 0.1) is 5.92 Å². The Bertz CT molecular complexity index is 455. The molecular formula is C17H27N3O2. The van der Waals surface area contributed by atoms with E-state index in [1.54, 1.807) is 6.20 Å². The van der Waals surface area contributed by atoms with Crippen LogP contribution < -0.4 is 5.32 Å². The number of aliphatic hydroxyl groups excluding tert-OH is 1. The molecule has 22 heavy (non-hydrogen) atoms. The maximum absolute atomic E-state index is 9.16. The molecule has 0 aliphatic carbocycles. The van der Waals surface area contributed by atoms with Gasteiger partial charge in [0.25, 0.3) is 0 Å². The zero-order chi connectivity index (χ0) is 15.2. The third kappa shape index (κ3) is 4.18. The number of pyridine rings is 1. The molecule has 2 N–H and O–H groups in total. The first-order valence-electron chi connectivity index (χ1n) is 8.46. The second kappa shape index (κ2) is 7.90. The number of likely N-dealkylation sites (tertiary alicyclic amines) is 1. The number of nitrogens with one attached hydrogen (secondary N) is 1. The summed E-state index contributed by atoms with van der Waals surface area (Å²) in [4.78, 5) is 6.97. The molecule has 122 valence electrons. The summed E-state index contributed by atoms with van der Waals surface area (Å²) in [7, 11) is 0. The third-order valence-corrected chi connectivity index (χ3v) is 4.94. The highest BCUT2D eigenvalue weighted by Crippen LogP contribution is 2.23. The predicted molar refractivity (Wildman–Crippen MR) is 86.8 cm³/mol. The van der Waals surface area contributed by atoms with E-state index in [2.05, 4.69) is 15.2 Å². The van der Waals surface area contributed by atoms with E-state index >= 15 is 0 Å². The Morgan fingerprint density at radius 2 is 2.00 bits per heavy atom. The Balaban J connectivity index is 1.41. The van der Waals surface area contributed by atoms with Gasteiger partial charge in [0.05, 0.1) is 6.61 Å². The molecule has 0 saturated carbocycles. The van der Waals surface area contributed by atoms with Crippen LogP contribution in [0.4, 0.5) is 5.82 Å². The van der Waals surface area contributed by atoms with Gasteiger partial charge in [0.15, 0.2) is 0 Å². The van der Waals surface area contributed by atoms with Gasteiger partial charge in [-0.15, -0.1) is 0 Å². The standard InChI is InChI=1S/C17H27N3O2/c21-13-15-1-6-18-17(11-15)19-12-14-2-7-20(8-3-14)16-4-9-22-10-5-16/h1,6,11,14,16,21H,2-5,7-10,12-13H2,(H,18,19). The molecule has 0 radical (unpaired) electrons. The predicted octanol–water partition coefficient (Wildman–Crippen LogP) is 1.88. The molecule has 1 aromatic heterocycles. The Morgan fingerprint density at radius 1 is 1.23 bits per heavy atom. The first kappa shape index (κ1) is 15.7. The molecule has 0 bridgehead atoms. The molecule has 0 atom stereocenters. The van der Waals surface area contributed by atoms with E-state index in [1.807, 2.05) is 12.1 Å². The normalized spacial score (nSPS) is 21.9. The van der Waals surface area contributed by atoms with Crippen molar-refractivity contribution < 1.29 is 9.84 Å². The highest BCUT2D eigenvalue weighted by atomic mass is 16.5. The second-order valence-corrected chi connectivity index (χ2v) is 6.41. The van der Waals surface area contributed by atoms with E-state index in [0.717, 1.165) is 43.1 Å². The Hall–Kier alpha value is -1.17. The lowest BCUT2D eigenvalue weighted by atomic mass is 9.94. The zero-order valence-corrected chi connectivity index (χ0v) is 13.2. The number of hydrogen-bond donors (Lipinski definition) is 2. The van der Waals surface area contributed by atoms with Gasteiger partial charge < -0.3 is 20.1 Å². The van der Waals surface area contributed by atoms with Crippen molar-refractivity contribution in [1.82, 2.24) is 9.88 Å². The van der Waals surface area contributed by atoms with Gasteiger partial charge in [-0.2, -0.15) is 0 Å². The molecule has 0 spiro atoms. The average Bonchev–Trinajstić information content (AvgIpc) is 2.61. The largest absolute Gasteiger partial charge is 0.392 e. The molecule has 3 heterocycles. The van der Waals surface area contributed by atoms with E-state index < -0.39 is 0 Å². The van der Waals surface area contributed by atoms with Crippen molar-refractivity contribution in [3.8, 4) is 0 Å². The van der Waals surface area contributed by atoms with Crippen molar-refractivity contribution >= 4 is 5.82 Å². The molecule has 5 heteroatoms. The van der Waals surface area contributed by atoms with E-state index in [1.165, 1.54) is 38.8 Å². The number of aromatic nitrogens is 1. The minimum atomic E-state index is 0.0701. The van der Waals surface area contributed by atoms with Crippen LogP contribution in [0.2, 0.25) is 0 Å². The summed E-state index contributed by atoms with van der Waals surface area (Å²) in [6.07, 6.45) is 6.65. The summed E-state index contributed by atoms with van der Waals surface area (Å²) in [6.45, 7) is 5.32. The van der Waals surface area contributed by atoms with Gasteiger partial charge in [0, 0.05) is 32.0 Å². The molecule has 2 fully saturated rings. The molecule has 0 unspecified atom stereocenters. The molecule has 2 aliphatic rings. The minimum Gasteiger partial charge on any atom is -0.392 e. The molecule has 0 aromatic carbocycles. The Labute approximate surface area is 132 Å². The van der Waals surface area contributed by atoms with Crippen LogP contribution in [0.5, 0.6) is 0 Å². The van der Waals surface area contributed by atoms with Crippen LogP contribution in [0.15, 0.2) is 18.3 Å². The highest BCUT2D eigenvalue weighted by molar-refractivity contribution is 5.37. The summed E-state index contributed by atoms with van der Waals surface area (Å²) in [6, 6.07) is 4.51. The number of hydrogen-bond acceptors (Lipinski definition) is 5. The van der Waals surface area contributed by atoms with Crippen LogP contribution in [-0.4, -0.2) is 53.9 Å². The van der Waals surface area contributed by atoms with Crippen molar-refractivity contribution in [1.29, 1.82) is 0 Å². The fourth-order valence-electron chi connectivity index (χ4n) is 3.49. The maximum atomic E-state index is 9.16. The third-order valence-electron chi connectivity index (χ3n) is 4.94. The van der Waals surface area contributed by atoms with Crippen molar-refractivity contribution in [3.05, 3.63) is 23.9 Å². The van der Waals surface area contributed by atoms with Crippen molar-refractivity contribution in [3.63, 3.8) is 0 Å². The smallest absolute Gasteiger partial charge is 0.126 e. The lowest BCUT2D eigenvalue weighted by molar-refractivity contribution is 0.0219. The number of ether oxygens (including phenoxy) is 1. The molecular weight excluding hydrogens is 278 g/mol. The molecule has 0 amide bonds. The van der Waals surface area contributed by atoms with Crippen molar-refractivity contribution in [2.24, 2.45) is 5.92 Å². The van der Waals surface area contributed by atoms with Gasteiger partial charge in [0.1, 0.15) is 5.82 Å². The summed E-state index contributed by atoms with van der Waals surface area (Å²) in [5.74, 6) is 1.59. The van der Waals surface area contributed by atoms with Crippen LogP contribution in [0.3, 0.4) is 0 Å². The zero-order valence-electron chi connectivity index (χ0n) is 13.2. The maximum Gasteiger partial charge on any atom is 0.126 e. The Kier molecular flexibility index (Phi) is 5.64. The lowest BCUT2D eigenvalue weighted by Gasteiger charge is -2.39. The molecule has 1 aromatic rings. The van der Waals surface area contributed by atoms with E-state index in [-0.39, 0.29) is 6.61 Å². The van der Waals surface area contributed by atoms with Gasteiger partial charge in [-0.25, -0.2) is 4.98 Å². The Morgan fingerprint density at radius 3 is 2.73 bits per heavy atom. The van der Waals surface area contributed by atoms with E-state index in [0.29, 0.717) is 0 Å². The van der Waals surface area contributed by atoms with Crippen molar-refractivity contribution in [2.45, 2.75) is 38.3 Å². The van der Waals surface area contributed by atoms with E-state index in [9.17, 15) is 0 Å². The fourth-order valence-corrected chi connectivity index (χ4v) is 3.49. The molecule has 2 saturated heterocycles. The van der Waals surface area contributed by atoms with Gasteiger partial charge in [-0.1, -0.05) is 0 Å². The van der Waals surface area contributed by atoms with Crippen molar-refractivity contribution in [2.75, 3.05) is 38.2 Å². The quantitative estimate of drug-likeness (QED) is 0.870. The summed E-state index contributed by atoms with van der Waals surface area (Å²) < 4.78 is 5.46. The number of rotatable bonds is 5.